The van der Waals surface area contributed by atoms with E-state index in [-0.39, 0.29) is 5.82 Å². The second-order valence-electron chi connectivity index (χ2n) is 5.24. The Bertz CT molecular complexity index is 594. The van der Waals surface area contributed by atoms with Crippen molar-refractivity contribution in [3.05, 3.63) is 66.0 Å². The number of aryl methyl sites for hydroxylation is 1. The minimum atomic E-state index is -0.204. The highest BCUT2D eigenvalue weighted by atomic mass is 19.1. The number of halogens is 1. The molecule has 0 heterocycles. The van der Waals surface area contributed by atoms with Gasteiger partial charge in [0.1, 0.15) is 5.82 Å². The molecular formula is C19H21F. The van der Waals surface area contributed by atoms with E-state index in [1.165, 1.54) is 24.5 Å². The molecule has 0 aliphatic heterocycles. The highest BCUT2D eigenvalue weighted by Gasteiger charge is 2.10. The van der Waals surface area contributed by atoms with Crippen LogP contribution in [-0.2, 0) is 6.42 Å². The van der Waals surface area contributed by atoms with E-state index in [9.17, 15) is 4.39 Å². The standard InChI is InChI=1S/C19H21F/c1-4-5-7-15-10-12-16(13-11-15)17-8-6-9-18(20)19(17)14(2)3/h6,8-13H,2,4-5,7H2,1,3H3. The van der Waals surface area contributed by atoms with E-state index in [4.69, 9.17) is 0 Å². The van der Waals surface area contributed by atoms with Crippen molar-refractivity contribution in [3.63, 3.8) is 0 Å². The topological polar surface area (TPSA) is 0 Å². The molecule has 0 aliphatic rings. The molecule has 2 aromatic rings. The Morgan fingerprint density at radius 3 is 2.40 bits per heavy atom. The van der Waals surface area contributed by atoms with Crippen molar-refractivity contribution >= 4 is 5.57 Å². The van der Waals surface area contributed by atoms with Crippen molar-refractivity contribution in [2.24, 2.45) is 0 Å². The van der Waals surface area contributed by atoms with Crippen molar-refractivity contribution < 1.29 is 4.39 Å². The lowest BCUT2D eigenvalue weighted by Crippen LogP contribution is -1.92. The summed E-state index contributed by atoms with van der Waals surface area (Å²) >= 11 is 0. The summed E-state index contributed by atoms with van der Waals surface area (Å²) in [5.41, 5.74) is 4.67. The molecule has 0 aliphatic carbocycles. The summed E-state index contributed by atoms with van der Waals surface area (Å²) in [4.78, 5) is 0. The van der Waals surface area contributed by atoms with Gasteiger partial charge in [0, 0.05) is 5.56 Å². The van der Waals surface area contributed by atoms with Crippen LogP contribution in [0.15, 0.2) is 49.0 Å². The molecule has 0 unspecified atom stereocenters. The molecular weight excluding hydrogens is 247 g/mol. The summed E-state index contributed by atoms with van der Waals surface area (Å²) in [6.07, 6.45) is 3.51. The minimum Gasteiger partial charge on any atom is -0.206 e. The second-order valence-corrected chi connectivity index (χ2v) is 5.24. The second kappa shape index (κ2) is 6.51. The molecule has 1 heteroatoms. The van der Waals surface area contributed by atoms with Gasteiger partial charge < -0.3 is 0 Å². The van der Waals surface area contributed by atoms with Crippen LogP contribution in [0.5, 0.6) is 0 Å². The number of benzene rings is 2. The first-order valence-corrected chi connectivity index (χ1v) is 7.17. The van der Waals surface area contributed by atoms with Gasteiger partial charge in [-0.2, -0.15) is 0 Å². The number of unbranched alkanes of at least 4 members (excludes halogenated alkanes) is 1. The molecule has 0 saturated heterocycles. The Labute approximate surface area is 121 Å². The van der Waals surface area contributed by atoms with E-state index < -0.39 is 0 Å². The van der Waals surface area contributed by atoms with Crippen LogP contribution in [0.3, 0.4) is 0 Å². The van der Waals surface area contributed by atoms with Crippen LogP contribution >= 0.6 is 0 Å². The molecule has 2 aromatic carbocycles. The summed E-state index contributed by atoms with van der Waals surface area (Å²) in [5, 5.41) is 0. The molecule has 0 aromatic heterocycles. The zero-order valence-corrected chi connectivity index (χ0v) is 12.2. The summed E-state index contributed by atoms with van der Waals surface area (Å²) in [5.74, 6) is -0.204. The number of rotatable bonds is 5. The molecule has 0 amide bonds. The normalized spacial score (nSPS) is 10.6. The van der Waals surface area contributed by atoms with Crippen molar-refractivity contribution in [1.29, 1.82) is 0 Å². The minimum absolute atomic E-state index is 0.204. The predicted molar refractivity (Wildman–Crippen MR) is 85.2 cm³/mol. The van der Waals surface area contributed by atoms with Gasteiger partial charge in [-0.1, -0.05) is 56.3 Å². The fourth-order valence-corrected chi connectivity index (χ4v) is 2.43. The molecule has 0 saturated carbocycles. The average Bonchev–Trinajstić information content (AvgIpc) is 2.45. The first-order chi connectivity index (χ1) is 9.63. The first kappa shape index (κ1) is 14.5. The lowest BCUT2D eigenvalue weighted by atomic mass is 9.94. The monoisotopic (exact) mass is 268 g/mol. The lowest BCUT2D eigenvalue weighted by molar-refractivity contribution is 0.624. The van der Waals surface area contributed by atoms with Crippen LogP contribution in [-0.4, -0.2) is 0 Å². The maximum Gasteiger partial charge on any atom is 0.131 e. The Balaban J connectivity index is 2.37. The molecule has 0 fully saturated rings. The van der Waals surface area contributed by atoms with Gasteiger partial charge in [0.25, 0.3) is 0 Å². The summed E-state index contributed by atoms with van der Waals surface area (Å²) in [6.45, 7) is 7.93. The van der Waals surface area contributed by atoms with E-state index in [1.807, 2.05) is 13.0 Å². The number of allylic oxidation sites excluding steroid dienone is 1. The number of hydrogen-bond acceptors (Lipinski definition) is 0. The summed E-state index contributed by atoms with van der Waals surface area (Å²) < 4.78 is 14.0. The maximum atomic E-state index is 14.0. The molecule has 20 heavy (non-hydrogen) atoms. The zero-order valence-electron chi connectivity index (χ0n) is 12.2. The fourth-order valence-electron chi connectivity index (χ4n) is 2.43. The number of hydrogen-bond donors (Lipinski definition) is 0. The van der Waals surface area contributed by atoms with Gasteiger partial charge in [-0.05, 0) is 48.1 Å². The third-order valence-corrected chi connectivity index (χ3v) is 3.52. The van der Waals surface area contributed by atoms with Gasteiger partial charge in [0.2, 0.25) is 0 Å². The van der Waals surface area contributed by atoms with Crippen LogP contribution in [0.2, 0.25) is 0 Å². The Kier molecular flexibility index (Phi) is 4.73. The molecule has 0 atom stereocenters. The summed E-state index contributed by atoms with van der Waals surface area (Å²) in [6, 6.07) is 13.6. The zero-order chi connectivity index (χ0) is 14.5. The Morgan fingerprint density at radius 2 is 1.80 bits per heavy atom. The smallest absolute Gasteiger partial charge is 0.131 e. The van der Waals surface area contributed by atoms with Crippen LogP contribution in [0, 0.1) is 5.82 Å². The molecule has 2 rings (SSSR count). The molecule has 0 N–H and O–H groups in total. The average molecular weight is 268 g/mol. The Hall–Kier alpha value is -1.89. The first-order valence-electron chi connectivity index (χ1n) is 7.17. The third kappa shape index (κ3) is 3.16. The third-order valence-electron chi connectivity index (χ3n) is 3.52. The largest absolute Gasteiger partial charge is 0.206 e. The van der Waals surface area contributed by atoms with E-state index in [0.29, 0.717) is 5.56 Å². The van der Waals surface area contributed by atoms with E-state index in [1.54, 1.807) is 6.07 Å². The van der Waals surface area contributed by atoms with Crippen LogP contribution in [0.1, 0.15) is 37.8 Å². The van der Waals surface area contributed by atoms with Gasteiger partial charge in [-0.15, -0.1) is 0 Å². The van der Waals surface area contributed by atoms with Gasteiger partial charge in [-0.3, -0.25) is 0 Å². The van der Waals surface area contributed by atoms with E-state index >= 15 is 0 Å². The summed E-state index contributed by atoms with van der Waals surface area (Å²) in [7, 11) is 0. The Morgan fingerprint density at radius 1 is 1.10 bits per heavy atom. The SMILES string of the molecule is C=C(C)c1c(F)cccc1-c1ccc(CCCC)cc1. The molecule has 0 radical (unpaired) electrons. The van der Waals surface area contributed by atoms with Crippen LogP contribution < -0.4 is 0 Å². The predicted octanol–water partition coefficient (Wildman–Crippen LogP) is 5.87. The van der Waals surface area contributed by atoms with Gasteiger partial charge >= 0.3 is 0 Å². The van der Waals surface area contributed by atoms with Crippen molar-refractivity contribution in [2.45, 2.75) is 33.1 Å². The van der Waals surface area contributed by atoms with Crippen molar-refractivity contribution in [2.75, 3.05) is 0 Å². The quantitative estimate of drug-likeness (QED) is 0.636. The molecule has 0 bridgehead atoms. The van der Waals surface area contributed by atoms with Gasteiger partial charge in [0.15, 0.2) is 0 Å². The molecule has 0 nitrogen and oxygen atoms in total. The maximum absolute atomic E-state index is 14.0. The molecule has 104 valence electrons. The van der Waals surface area contributed by atoms with Gasteiger partial charge in [-0.25, -0.2) is 4.39 Å². The van der Waals surface area contributed by atoms with Crippen molar-refractivity contribution in [3.8, 4) is 11.1 Å². The highest BCUT2D eigenvalue weighted by molar-refractivity contribution is 5.80. The highest BCUT2D eigenvalue weighted by Crippen LogP contribution is 2.30. The fraction of sp³-hybridized carbons (Fsp3) is 0.263. The van der Waals surface area contributed by atoms with Crippen LogP contribution in [0.25, 0.3) is 16.7 Å². The van der Waals surface area contributed by atoms with Gasteiger partial charge in [0.05, 0.1) is 0 Å². The van der Waals surface area contributed by atoms with E-state index in [2.05, 4.69) is 37.8 Å². The van der Waals surface area contributed by atoms with E-state index in [0.717, 1.165) is 23.1 Å². The van der Waals surface area contributed by atoms with Crippen LogP contribution in [0.4, 0.5) is 4.39 Å². The molecule has 0 spiro atoms. The van der Waals surface area contributed by atoms with Crippen molar-refractivity contribution in [1.82, 2.24) is 0 Å². The lowest BCUT2D eigenvalue weighted by Gasteiger charge is -2.11.